The number of carbonyl (C=O) groups excluding carboxylic acids is 2. The fourth-order valence-electron chi connectivity index (χ4n) is 3.23. The van der Waals surface area contributed by atoms with E-state index in [4.69, 9.17) is 9.57 Å². The maximum absolute atomic E-state index is 14.2. The molecule has 1 atom stereocenters. The van der Waals surface area contributed by atoms with Crippen LogP contribution < -0.4 is 5.32 Å². The van der Waals surface area contributed by atoms with Gasteiger partial charge in [0.2, 0.25) is 0 Å². The van der Waals surface area contributed by atoms with Gasteiger partial charge in [0.05, 0.1) is 25.4 Å². The quantitative estimate of drug-likeness (QED) is 0.631. The van der Waals surface area contributed by atoms with Crippen LogP contribution in [0.2, 0.25) is 0 Å². The van der Waals surface area contributed by atoms with Gasteiger partial charge in [0.1, 0.15) is 18.2 Å². The Kier molecular flexibility index (Phi) is 7.75. The highest BCUT2D eigenvalue weighted by Crippen LogP contribution is 2.20. The number of aryl methyl sites for hydroxylation is 1. The second-order valence-electron chi connectivity index (χ2n) is 7.42. The Hall–Kier alpha value is -3.49. The maximum atomic E-state index is 14.2. The maximum Gasteiger partial charge on any atom is 0.325 e. The highest BCUT2D eigenvalue weighted by molar-refractivity contribution is 6.01. The number of benzene rings is 2. The number of halogens is 2. The molecule has 0 saturated heterocycles. The molecule has 0 aromatic heterocycles. The molecule has 2 aromatic rings. The summed E-state index contributed by atoms with van der Waals surface area (Å²) in [5.74, 6) is -2.06. The summed E-state index contributed by atoms with van der Waals surface area (Å²) in [6.07, 6.45) is -0.000434. The van der Waals surface area contributed by atoms with Crippen LogP contribution in [0.1, 0.15) is 30.0 Å². The molecule has 1 N–H and O–H groups in total. The van der Waals surface area contributed by atoms with E-state index in [0.29, 0.717) is 6.42 Å². The van der Waals surface area contributed by atoms with Crippen molar-refractivity contribution in [1.82, 2.24) is 10.2 Å². The van der Waals surface area contributed by atoms with E-state index < -0.39 is 29.7 Å². The van der Waals surface area contributed by atoms with Crippen molar-refractivity contribution in [2.24, 2.45) is 5.16 Å². The van der Waals surface area contributed by atoms with E-state index in [9.17, 15) is 18.4 Å². The molecule has 7 nitrogen and oxygen atoms in total. The van der Waals surface area contributed by atoms with E-state index in [1.54, 1.807) is 6.92 Å². The van der Waals surface area contributed by atoms with Gasteiger partial charge in [-0.05, 0) is 25.5 Å². The molecule has 9 heteroatoms. The van der Waals surface area contributed by atoms with Crippen LogP contribution in [0.5, 0.6) is 0 Å². The number of rotatable bonds is 8. The Morgan fingerprint density at radius 3 is 2.66 bits per heavy atom. The number of oxime groups is 1. The standard InChI is InChI=1S/C23H25F2N3O4/c1-3-31-22(29)12-26-23(30)28(13-17-8-9-18(24)10-20(17)25)14-19-11-21(27-32-19)16-6-4-15(2)5-7-16/h4-10,19H,3,11-14H2,1-2H3,(H,26,30). The van der Waals surface area contributed by atoms with Gasteiger partial charge in [0, 0.05) is 18.1 Å². The predicted octanol–water partition coefficient (Wildman–Crippen LogP) is 3.54. The lowest BCUT2D eigenvalue weighted by Gasteiger charge is -2.25. The second kappa shape index (κ2) is 10.7. The Labute approximate surface area is 185 Å². The first-order valence-electron chi connectivity index (χ1n) is 10.3. The van der Waals surface area contributed by atoms with Crippen molar-refractivity contribution in [3.05, 3.63) is 70.8 Å². The second-order valence-corrected chi connectivity index (χ2v) is 7.42. The lowest BCUT2D eigenvalue weighted by atomic mass is 10.0. The van der Waals surface area contributed by atoms with E-state index in [1.807, 2.05) is 31.2 Å². The number of esters is 1. The lowest BCUT2D eigenvalue weighted by Crippen LogP contribution is -2.45. The van der Waals surface area contributed by atoms with Crippen LogP contribution in [-0.4, -0.2) is 48.4 Å². The Bertz CT molecular complexity index is 995. The largest absolute Gasteiger partial charge is 0.465 e. The summed E-state index contributed by atoms with van der Waals surface area (Å²) in [6.45, 7) is 3.46. The van der Waals surface area contributed by atoms with Crippen molar-refractivity contribution in [3.63, 3.8) is 0 Å². The van der Waals surface area contributed by atoms with Gasteiger partial charge in [-0.1, -0.05) is 41.1 Å². The van der Waals surface area contributed by atoms with Gasteiger partial charge in [-0.15, -0.1) is 0 Å². The topological polar surface area (TPSA) is 80.2 Å². The zero-order valence-electron chi connectivity index (χ0n) is 17.9. The monoisotopic (exact) mass is 445 g/mol. The fourth-order valence-corrected chi connectivity index (χ4v) is 3.23. The molecule has 1 aliphatic heterocycles. The summed E-state index contributed by atoms with van der Waals surface area (Å²) < 4.78 is 32.3. The summed E-state index contributed by atoms with van der Waals surface area (Å²) in [7, 11) is 0. The number of nitrogens with one attached hydrogen (secondary N) is 1. The average Bonchev–Trinajstić information content (AvgIpc) is 3.22. The van der Waals surface area contributed by atoms with E-state index in [2.05, 4.69) is 10.5 Å². The number of carbonyl (C=O) groups is 2. The van der Waals surface area contributed by atoms with Gasteiger partial charge in [-0.2, -0.15) is 0 Å². The number of hydrogen-bond donors (Lipinski definition) is 1. The summed E-state index contributed by atoms with van der Waals surface area (Å²) in [5.41, 5.74) is 2.92. The van der Waals surface area contributed by atoms with E-state index in [1.165, 1.54) is 11.0 Å². The van der Waals surface area contributed by atoms with Crippen molar-refractivity contribution < 1.29 is 27.9 Å². The van der Waals surface area contributed by atoms with Gasteiger partial charge in [0.25, 0.3) is 0 Å². The van der Waals surface area contributed by atoms with Gasteiger partial charge in [-0.3, -0.25) is 4.79 Å². The number of hydrogen-bond acceptors (Lipinski definition) is 5. The molecule has 2 amide bonds. The number of nitrogens with zero attached hydrogens (tertiary/aromatic N) is 2. The number of urea groups is 1. The molecule has 1 aliphatic rings. The Morgan fingerprint density at radius 1 is 1.22 bits per heavy atom. The highest BCUT2D eigenvalue weighted by atomic mass is 19.1. The lowest BCUT2D eigenvalue weighted by molar-refractivity contribution is -0.141. The Balaban J connectivity index is 1.68. The first-order chi connectivity index (χ1) is 15.4. The molecular weight excluding hydrogens is 420 g/mol. The molecule has 0 spiro atoms. The minimum absolute atomic E-state index is 0.0876. The molecule has 170 valence electrons. The van der Waals surface area contributed by atoms with E-state index >= 15 is 0 Å². The third kappa shape index (κ3) is 6.26. The van der Waals surface area contributed by atoms with Gasteiger partial charge in [-0.25, -0.2) is 13.6 Å². The number of ether oxygens (including phenoxy) is 1. The SMILES string of the molecule is CCOC(=O)CNC(=O)N(Cc1ccc(F)cc1F)CC1CC(c2ccc(C)cc2)=NO1. The van der Waals surface area contributed by atoms with Crippen LogP contribution in [0, 0.1) is 18.6 Å². The molecule has 1 heterocycles. The van der Waals surface area contributed by atoms with Gasteiger partial charge < -0.3 is 19.8 Å². The molecule has 0 fully saturated rings. The minimum atomic E-state index is -0.767. The zero-order valence-corrected chi connectivity index (χ0v) is 17.9. The van der Waals surface area contributed by atoms with E-state index in [0.717, 1.165) is 29.0 Å². The molecule has 3 rings (SSSR count). The van der Waals surface area contributed by atoms with Gasteiger partial charge in [0.15, 0.2) is 6.10 Å². The average molecular weight is 445 g/mol. The normalized spacial score (nSPS) is 15.0. The summed E-state index contributed by atoms with van der Waals surface area (Å²) in [5, 5.41) is 6.59. The highest BCUT2D eigenvalue weighted by Gasteiger charge is 2.27. The van der Waals surface area contributed by atoms with E-state index in [-0.39, 0.29) is 31.8 Å². The first-order valence-corrected chi connectivity index (χ1v) is 10.3. The third-order valence-corrected chi connectivity index (χ3v) is 4.89. The summed E-state index contributed by atoms with van der Waals surface area (Å²) in [4.78, 5) is 31.1. The van der Waals surface area contributed by atoms with Crippen LogP contribution in [-0.2, 0) is 20.9 Å². The van der Waals surface area contributed by atoms with Crippen molar-refractivity contribution in [2.75, 3.05) is 19.7 Å². The van der Waals surface area contributed by atoms with Crippen LogP contribution in [0.25, 0.3) is 0 Å². The summed E-state index contributed by atoms with van der Waals surface area (Å²) in [6, 6.07) is 10.4. The van der Waals surface area contributed by atoms with Crippen molar-refractivity contribution >= 4 is 17.7 Å². The van der Waals surface area contributed by atoms with Crippen molar-refractivity contribution in [3.8, 4) is 0 Å². The molecular formula is C23H25F2N3O4. The zero-order chi connectivity index (χ0) is 23.1. The fraction of sp³-hybridized carbons (Fsp3) is 0.348. The predicted molar refractivity (Wildman–Crippen MR) is 114 cm³/mol. The molecule has 0 aliphatic carbocycles. The van der Waals surface area contributed by atoms with Crippen LogP contribution in [0.4, 0.5) is 13.6 Å². The van der Waals surface area contributed by atoms with Crippen molar-refractivity contribution in [1.29, 1.82) is 0 Å². The molecule has 2 aromatic carbocycles. The number of amides is 2. The van der Waals surface area contributed by atoms with Crippen LogP contribution >= 0.6 is 0 Å². The molecule has 1 unspecified atom stereocenters. The smallest absolute Gasteiger partial charge is 0.325 e. The van der Waals surface area contributed by atoms with Crippen molar-refractivity contribution in [2.45, 2.75) is 32.9 Å². The van der Waals surface area contributed by atoms with Crippen LogP contribution in [0.3, 0.4) is 0 Å². The summed E-state index contributed by atoms with van der Waals surface area (Å²) >= 11 is 0. The molecule has 32 heavy (non-hydrogen) atoms. The Morgan fingerprint density at radius 2 is 1.97 bits per heavy atom. The van der Waals surface area contributed by atoms with Gasteiger partial charge >= 0.3 is 12.0 Å². The molecule has 0 saturated carbocycles. The molecule has 0 bridgehead atoms. The molecule has 0 radical (unpaired) electrons. The third-order valence-electron chi connectivity index (χ3n) is 4.89. The van der Waals surface area contributed by atoms with Crippen LogP contribution in [0.15, 0.2) is 47.6 Å². The first kappa shape index (κ1) is 23.2. The minimum Gasteiger partial charge on any atom is -0.465 e.